The number of aromatic amines is 1. The molecule has 126 valence electrons. The number of H-pyrrole nitrogens is 1. The van der Waals surface area contributed by atoms with E-state index in [4.69, 9.17) is 0 Å². The van der Waals surface area contributed by atoms with Gasteiger partial charge in [0, 0.05) is 16.4 Å². The minimum atomic E-state index is -0.241. The van der Waals surface area contributed by atoms with Crippen LogP contribution in [0.4, 0.5) is 0 Å². The number of nitrogens with zero attached hydrogens (tertiary/aromatic N) is 3. The summed E-state index contributed by atoms with van der Waals surface area (Å²) in [6.45, 7) is 7.98. The van der Waals surface area contributed by atoms with Gasteiger partial charge in [0.2, 0.25) is 11.1 Å². The summed E-state index contributed by atoms with van der Waals surface area (Å²) < 4.78 is 0. The van der Waals surface area contributed by atoms with Crippen LogP contribution < -0.4 is 5.32 Å². The van der Waals surface area contributed by atoms with E-state index in [-0.39, 0.29) is 17.2 Å². The van der Waals surface area contributed by atoms with Gasteiger partial charge in [0.25, 0.3) is 0 Å². The summed E-state index contributed by atoms with van der Waals surface area (Å²) in [7, 11) is 0. The van der Waals surface area contributed by atoms with Gasteiger partial charge in [0.05, 0.1) is 5.75 Å². The van der Waals surface area contributed by atoms with Gasteiger partial charge in [-0.15, -0.1) is 10.2 Å². The lowest BCUT2D eigenvalue weighted by atomic mass is 10.1. The second kappa shape index (κ2) is 6.39. The highest BCUT2D eigenvalue weighted by Gasteiger charge is 2.15. The van der Waals surface area contributed by atoms with Gasteiger partial charge >= 0.3 is 0 Å². The third-order valence-corrected chi connectivity index (χ3v) is 4.35. The van der Waals surface area contributed by atoms with Gasteiger partial charge in [-0.05, 0) is 44.9 Å². The van der Waals surface area contributed by atoms with Crippen molar-refractivity contribution in [1.29, 1.82) is 0 Å². The molecule has 2 heterocycles. The maximum Gasteiger partial charge on any atom is 0.230 e. The van der Waals surface area contributed by atoms with E-state index in [0.29, 0.717) is 10.8 Å². The molecule has 0 atom stereocenters. The molecule has 0 saturated carbocycles. The second-order valence-electron chi connectivity index (χ2n) is 6.74. The molecule has 0 aliphatic heterocycles. The Balaban J connectivity index is 1.81. The number of rotatable bonds is 4. The molecule has 0 spiro atoms. The summed E-state index contributed by atoms with van der Waals surface area (Å²) in [5.41, 5.74) is 3.48. The zero-order valence-corrected chi connectivity index (χ0v) is 15.1. The fraction of sp³-hybridized carbons (Fsp3) is 0.412. The molecular formula is C17H21N5OS. The van der Waals surface area contributed by atoms with E-state index >= 15 is 0 Å². The highest BCUT2D eigenvalue weighted by atomic mass is 32.2. The molecule has 0 saturated heterocycles. The zero-order chi connectivity index (χ0) is 17.3. The van der Waals surface area contributed by atoms with Crippen molar-refractivity contribution >= 4 is 39.7 Å². The zero-order valence-electron chi connectivity index (χ0n) is 14.3. The van der Waals surface area contributed by atoms with E-state index < -0.39 is 0 Å². The Labute approximate surface area is 144 Å². The van der Waals surface area contributed by atoms with Gasteiger partial charge in [0.1, 0.15) is 5.52 Å². The summed E-state index contributed by atoms with van der Waals surface area (Å²) in [5, 5.41) is 12.9. The van der Waals surface area contributed by atoms with E-state index in [9.17, 15) is 4.79 Å². The number of aryl methyl sites for hydroxylation is 1. The van der Waals surface area contributed by atoms with Crippen molar-refractivity contribution in [2.75, 3.05) is 5.75 Å². The van der Waals surface area contributed by atoms with Crippen molar-refractivity contribution in [2.45, 2.75) is 44.8 Å². The highest BCUT2D eigenvalue weighted by Crippen LogP contribution is 2.24. The van der Waals surface area contributed by atoms with Crippen LogP contribution in [0.1, 0.15) is 33.3 Å². The number of thioether (sulfide) groups is 1. The molecule has 0 fully saturated rings. The smallest absolute Gasteiger partial charge is 0.230 e. The first-order valence-corrected chi connectivity index (χ1v) is 8.93. The van der Waals surface area contributed by atoms with Gasteiger partial charge in [-0.25, -0.2) is 4.98 Å². The fourth-order valence-electron chi connectivity index (χ4n) is 2.47. The lowest BCUT2D eigenvalue weighted by Crippen LogP contribution is -2.41. The number of benzene rings is 1. The lowest BCUT2D eigenvalue weighted by Gasteiger charge is -2.20. The number of fused-ring (bicyclic) bond motifs is 3. The van der Waals surface area contributed by atoms with Gasteiger partial charge in [-0.1, -0.05) is 24.8 Å². The van der Waals surface area contributed by atoms with Gasteiger partial charge < -0.3 is 10.3 Å². The molecule has 1 aromatic carbocycles. The minimum absolute atomic E-state index is 0.0413. The van der Waals surface area contributed by atoms with Crippen LogP contribution in [0.5, 0.6) is 0 Å². The molecule has 0 aliphatic carbocycles. The number of hydrogen-bond donors (Lipinski definition) is 2. The first-order valence-electron chi connectivity index (χ1n) is 7.94. The Morgan fingerprint density at radius 1 is 1.29 bits per heavy atom. The average molecular weight is 343 g/mol. The van der Waals surface area contributed by atoms with Crippen molar-refractivity contribution < 1.29 is 4.79 Å². The van der Waals surface area contributed by atoms with E-state index in [0.717, 1.165) is 22.8 Å². The summed E-state index contributed by atoms with van der Waals surface area (Å²) in [6, 6.07) is 6.26. The van der Waals surface area contributed by atoms with E-state index in [2.05, 4.69) is 44.5 Å². The van der Waals surface area contributed by atoms with Crippen LogP contribution in [0.25, 0.3) is 22.1 Å². The highest BCUT2D eigenvalue weighted by molar-refractivity contribution is 7.99. The monoisotopic (exact) mass is 343 g/mol. The van der Waals surface area contributed by atoms with Crippen molar-refractivity contribution in [3.63, 3.8) is 0 Å². The third-order valence-electron chi connectivity index (χ3n) is 3.51. The van der Waals surface area contributed by atoms with E-state index in [1.54, 1.807) is 0 Å². The number of amides is 1. The van der Waals surface area contributed by atoms with Crippen LogP contribution in [-0.2, 0) is 11.2 Å². The van der Waals surface area contributed by atoms with Crippen molar-refractivity contribution in [1.82, 2.24) is 25.5 Å². The molecule has 2 N–H and O–H groups in total. The van der Waals surface area contributed by atoms with E-state index in [1.165, 1.54) is 17.3 Å². The largest absolute Gasteiger partial charge is 0.351 e. The van der Waals surface area contributed by atoms with Crippen molar-refractivity contribution in [3.8, 4) is 0 Å². The molecule has 6 nitrogen and oxygen atoms in total. The summed E-state index contributed by atoms with van der Waals surface area (Å²) in [4.78, 5) is 19.6. The third kappa shape index (κ3) is 3.67. The molecule has 0 radical (unpaired) electrons. The molecule has 0 bridgehead atoms. The number of hydrogen-bond acceptors (Lipinski definition) is 5. The Hall–Kier alpha value is -2.15. The number of carbonyl (C=O) groups is 1. The topological polar surface area (TPSA) is 83.6 Å². The second-order valence-corrected chi connectivity index (χ2v) is 7.68. The molecule has 7 heteroatoms. The van der Waals surface area contributed by atoms with Crippen LogP contribution in [0, 0.1) is 0 Å². The SMILES string of the molecule is CCc1ccc2[nH]c3nc(SCC(=O)NC(C)(C)C)nnc3c2c1. The van der Waals surface area contributed by atoms with Gasteiger partial charge in [-0.2, -0.15) is 0 Å². The number of aromatic nitrogens is 4. The molecule has 24 heavy (non-hydrogen) atoms. The van der Waals surface area contributed by atoms with Gasteiger partial charge in [-0.3, -0.25) is 4.79 Å². The van der Waals surface area contributed by atoms with Crippen LogP contribution >= 0.6 is 11.8 Å². The first-order chi connectivity index (χ1) is 11.4. The van der Waals surface area contributed by atoms with Crippen LogP contribution in [0.15, 0.2) is 23.4 Å². The molecule has 1 amide bonds. The molecule has 2 aromatic heterocycles. The normalized spacial score (nSPS) is 12.0. The molecular weight excluding hydrogens is 322 g/mol. The lowest BCUT2D eigenvalue weighted by molar-refractivity contribution is -0.119. The molecule has 3 aromatic rings. The first kappa shape index (κ1) is 16.7. The number of carbonyl (C=O) groups excluding carboxylic acids is 1. The Morgan fingerprint density at radius 2 is 2.08 bits per heavy atom. The van der Waals surface area contributed by atoms with Crippen molar-refractivity contribution in [3.05, 3.63) is 23.8 Å². The van der Waals surface area contributed by atoms with Gasteiger partial charge in [0.15, 0.2) is 5.65 Å². The number of nitrogens with one attached hydrogen (secondary N) is 2. The van der Waals surface area contributed by atoms with Crippen LogP contribution in [0.2, 0.25) is 0 Å². The summed E-state index contributed by atoms with van der Waals surface area (Å²) in [6.07, 6.45) is 0.973. The minimum Gasteiger partial charge on any atom is -0.351 e. The standard InChI is InChI=1S/C17H21N5OS/c1-5-10-6-7-12-11(8-10)14-15(18-12)19-16(22-21-14)24-9-13(23)20-17(2,3)4/h6-8H,5,9H2,1-4H3,(H,20,23)(H,18,19,22). The Morgan fingerprint density at radius 3 is 2.79 bits per heavy atom. The summed E-state index contributed by atoms with van der Waals surface area (Å²) >= 11 is 1.28. The maximum absolute atomic E-state index is 11.9. The molecule has 3 rings (SSSR count). The van der Waals surface area contributed by atoms with Crippen molar-refractivity contribution in [2.24, 2.45) is 0 Å². The predicted molar refractivity (Wildman–Crippen MR) is 97.2 cm³/mol. The predicted octanol–water partition coefficient (Wildman–Crippen LogP) is 3.08. The Bertz CT molecular complexity index is 897. The molecule has 0 aliphatic rings. The molecule has 0 unspecified atom stereocenters. The van der Waals surface area contributed by atoms with E-state index in [1.807, 2.05) is 26.8 Å². The fourth-order valence-corrected chi connectivity index (χ4v) is 3.06. The quantitative estimate of drug-likeness (QED) is 0.711. The average Bonchev–Trinajstić information content (AvgIpc) is 2.88. The van der Waals surface area contributed by atoms with Crippen LogP contribution in [-0.4, -0.2) is 37.4 Å². The summed E-state index contributed by atoms with van der Waals surface area (Å²) in [5.74, 6) is 0.227. The van der Waals surface area contributed by atoms with Crippen LogP contribution in [0.3, 0.4) is 0 Å². The Kier molecular flexibility index (Phi) is 4.45. The maximum atomic E-state index is 11.9.